The molecule has 4 bridgehead atoms. The van der Waals surface area contributed by atoms with E-state index in [-0.39, 0.29) is 35.5 Å². The van der Waals surface area contributed by atoms with Crippen LogP contribution >= 0.6 is 0 Å². The Morgan fingerprint density at radius 2 is 0.969 bits per heavy atom. The van der Waals surface area contributed by atoms with Gasteiger partial charge >= 0.3 is 0 Å². The minimum atomic E-state index is -0.823. The lowest BCUT2D eigenvalue weighted by atomic mass is 9.58. The Balaban J connectivity index is 0.619. The third kappa shape index (κ3) is 8.39. The minimum absolute atomic E-state index is 0.0935. The Kier molecular flexibility index (Phi) is 12.8. The van der Waals surface area contributed by atoms with Gasteiger partial charge in [0.25, 0.3) is 11.8 Å². The first kappa shape index (κ1) is 45.7. The number of hydrogen-bond acceptors (Lipinski definition) is 12. The third-order valence-electron chi connectivity index (χ3n) is 16.9. The van der Waals surface area contributed by atoms with E-state index in [1.54, 1.807) is 0 Å². The van der Waals surface area contributed by atoms with Crippen molar-refractivity contribution in [3.63, 3.8) is 0 Å². The van der Waals surface area contributed by atoms with Crippen LogP contribution in [0.15, 0.2) is 48.5 Å². The Labute approximate surface area is 383 Å². The van der Waals surface area contributed by atoms with Crippen LogP contribution in [0.2, 0.25) is 0 Å². The summed E-state index contributed by atoms with van der Waals surface area (Å²) in [5, 5.41) is 6.06. The van der Waals surface area contributed by atoms with Gasteiger partial charge in [-0.2, -0.15) is 0 Å². The summed E-state index contributed by atoms with van der Waals surface area (Å²) in [5.74, 6) is 0.340. The molecule has 8 saturated heterocycles. The second-order valence-electron chi connectivity index (χ2n) is 21.1. The van der Waals surface area contributed by atoms with Crippen molar-refractivity contribution >= 4 is 11.8 Å². The Bertz CT molecular complexity index is 1880. The molecule has 14 heteroatoms. The van der Waals surface area contributed by atoms with E-state index >= 15 is 0 Å². The van der Waals surface area contributed by atoms with E-state index in [1.165, 1.54) is 0 Å². The van der Waals surface area contributed by atoms with E-state index in [0.29, 0.717) is 61.1 Å². The molecule has 65 heavy (non-hydrogen) atoms. The molecule has 6 unspecified atom stereocenters. The standard InChI is InChI=1S/C51H70N2O12/c1-30-10-20-40-32(3)44(58-46-50(40)38(30)22-24-48(5,60-46)62-64-50)56-28-34-12-16-36(17-13-34)42(54)52-26-8-7-9-27-53-43(55)37-18-14-35(15-19-37)29-57-45-33(4)41-21-11-31(2)39-23-25-49(6)61-47(59-45)51(39,41)65-63-49/h12-19,30-33,38-41,44-47H,7-11,20-29H2,1-6H3,(H,52,54)(H,53,55)/t30-,31-,32-,33-,38?,39?,40?,41?,44+,45+,46?,47?,48+,49+,50-,51-/m1/s1. The third-order valence-corrected chi connectivity index (χ3v) is 16.9. The maximum absolute atomic E-state index is 12.9. The van der Waals surface area contributed by atoms with Gasteiger partial charge in [0.2, 0.25) is 11.6 Å². The van der Waals surface area contributed by atoms with Crippen LogP contribution in [0.3, 0.4) is 0 Å². The van der Waals surface area contributed by atoms with Crippen molar-refractivity contribution in [1.82, 2.24) is 10.6 Å². The topological polar surface area (TPSA) is 150 Å². The average molecular weight is 903 g/mol. The molecule has 2 spiro atoms. The summed E-state index contributed by atoms with van der Waals surface area (Å²) < 4.78 is 38.9. The Hall–Kier alpha value is -3.02. The van der Waals surface area contributed by atoms with Gasteiger partial charge in [0, 0.05) is 60.7 Å². The molecule has 0 aromatic heterocycles. The van der Waals surface area contributed by atoms with E-state index < -0.39 is 47.9 Å². The fraction of sp³-hybridized carbons (Fsp3) is 0.725. The van der Waals surface area contributed by atoms with Crippen molar-refractivity contribution < 1.29 is 57.6 Å². The zero-order valence-corrected chi connectivity index (χ0v) is 39.1. The lowest BCUT2D eigenvalue weighted by Gasteiger charge is -2.60. The van der Waals surface area contributed by atoms with Crippen molar-refractivity contribution in [3.05, 3.63) is 70.8 Å². The Morgan fingerprint density at radius 1 is 0.554 bits per heavy atom. The lowest BCUT2D eigenvalue weighted by Crippen LogP contribution is -2.70. The largest absolute Gasteiger partial charge is 0.352 e. The summed E-state index contributed by atoms with van der Waals surface area (Å²) >= 11 is 0. The molecule has 10 fully saturated rings. The number of rotatable bonds is 14. The SMILES string of the molecule is C[C@@H]1CCC2[C@@H](C)[C@@H](OCc3ccc(C(=O)NCCCCCNC(=O)c4ccc(CO[C@H]5OC6O[C@]7(C)CCC8[C@H](C)CCC([C@H]5C)[C@@]68OO7)cc4)cc3)OC3O[C@]4(C)CCC1[C@]32OO4. The van der Waals surface area contributed by atoms with Gasteiger partial charge in [-0.3, -0.25) is 9.59 Å². The number of amides is 2. The first-order valence-corrected chi connectivity index (χ1v) is 24.7. The number of unbranched alkanes of at least 4 members (excludes halogenated alkanes) is 2. The molecule has 2 amide bonds. The fourth-order valence-electron chi connectivity index (χ4n) is 13.0. The van der Waals surface area contributed by atoms with Crippen LogP contribution in [-0.2, 0) is 61.2 Å². The summed E-state index contributed by atoms with van der Waals surface area (Å²) in [4.78, 5) is 50.3. The highest BCUT2D eigenvalue weighted by molar-refractivity contribution is 5.94. The number of nitrogens with one attached hydrogen (secondary N) is 2. The Morgan fingerprint density at radius 3 is 1.38 bits per heavy atom. The number of carbonyl (C=O) groups excluding carboxylic acids is 2. The van der Waals surface area contributed by atoms with Crippen LogP contribution < -0.4 is 10.6 Å². The maximum atomic E-state index is 12.9. The van der Waals surface area contributed by atoms with Crippen molar-refractivity contribution in [1.29, 1.82) is 0 Å². The summed E-state index contributed by atoms with van der Waals surface area (Å²) in [6.45, 7) is 14.7. The molecule has 2 N–H and O–H groups in total. The van der Waals surface area contributed by atoms with Gasteiger partial charge in [-0.15, -0.1) is 0 Å². The van der Waals surface area contributed by atoms with Crippen LogP contribution in [0.5, 0.6) is 0 Å². The van der Waals surface area contributed by atoms with Gasteiger partial charge in [0.1, 0.15) is 0 Å². The number of benzene rings is 2. The van der Waals surface area contributed by atoms with Gasteiger partial charge in [0.15, 0.2) is 36.4 Å². The molecule has 8 aliphatic heterocycles. The smallest absolute Gasteiger partial charge is 0.251 e. The molecule has 14 nitrogen and oxygen atoms in total. The number of fused-ring (bicyclic) bond motifs is 4. The summed E-state index contributed by atoms with van der Waals surface area (Å²) in [6, 6.07) is 15.1. The molecular weight excluding hydrogens is 833 g/mol. The molecule has 8 heterocycles. The average Bonchev–Trinajstić information content (AvgIpc) is 3.68. The molecule has 10 aliphatic rings. The molecule has 12 rings (SSSR count). The second-order valence-corrected chi connectivity index (χ2v) is 21.1. The maximum Gasteiger partial charge on any atom is 0.251 e. The van der Waals surface area contributed by atoms with Crippen LogP contribution in [-0.4, -0.2) is 72.8 Å². The van der Waals surface area contributed by atoms with Crippen LogP contribution in [0.1, 0.15) is 144 Å². The summed E-state index contributed by atoms with van der Waals surface area (Å²) in [7, 11) is 0. The highest BCUT2D eigenvalue weighted by Gasteiger charge is 2.71. The molecule has 356 valence electrons. The monoisotopic (exact) mass is 902 g/mol. The second kappa shape index (κ2) is 18.1. The van der Waals surface area contributed by atoms with E-state index in [0.717, 1.165) is 81.8 Å². The van der Waals surface area contributed by atoms with E-state index in [4.69, 9.17) is 48.0 Å². The van der Waals surface area contributed by atoms with Crippen molar-refractivity contribution in [2.45, 2.75) is 173 Å². The van der Waals surface area contributed by atoms with E-state index in [1.807, 2.05) is 62.4 Å². The lowest BCUT2D eigenvalue weighted by molar-refractivity contribution is -0.577. The van der Waals surface area contributed by atoms with Gasteiger partial charge < -0.3 is 39.1 Å². The number of ether oxygens (including phenoxy) is 6. The van der Waals surface area contributed by atoms with E-state index in [9.17, 15) is 9.59 Å². The molecule has 2 saturated carbocycles. The van der Waals surface area contributed by atoms with Gasteiger partial charge in [-0.05, 0) is 131 Å². The molecule has 2 aromatic carbocycles. The predicted octanol–water partition coefficient (Wildman–Crippen LogP) is 8.47. The van der Waals surface area contributed by atoms with Crippen LogP contribution in [0, 0.1) is 47.3 Å². The van der Waals surface area contributed by atoms with Crippen LogP contribution in [0.25, 0.3) is 0 Å². The first-order chi connectivity index (χ1) is 31.3. The number of carbonyl (C=O) groups is 2. The zero-order valence-electron chi connectivity index (χ0n) is 39.1. The highest BCUT2D eigenvalue weighted by Crippen LogP contribution is 2.62. The normalized spacial score (nSPS) is 42.6. The van der Waals surface area contributed by atoms with Crippen LogP contribution in [0.4, 0.5) is 0 Å². The van der Waals surface area contributed by atoms with E-state index in [2.05, 4.69) is 38.3 Å². The van der Waals surface area contributed by atoms with Gasteiger partial charge in [-0.25, -0.2) is 19.6 Å². The first-order valence-electron chi connectivity index (χ1n) is 24.7. The fourth-order valence-corrected chi connectivity index (χ4v) is 13.0. The zero-order chi connectivity index (χ0) is 45.1. The predicted molar refractivity (Wildman–Crippen MR) is 235 cm³/mol. The number of hydrogen-bond donors (Lipinski definition) is 2. The quantitative estimate of drug-likeness (QED) is 0.138. The molecular formula is C51H70N2O12. The molecule has 2 aliphatic carbocycles. The minimum Gasteiger partial charge on any atom is -0.352 e. The summed E-state index contributed by atoms with van der Waals surface area (Å²) in [6.07, 6.45) is 8.34. The van der Waals surface area contributed by atoms with Crippen molar-refractivity contribution in [2.75, 3.05) is 13.1 Å². The molecule has 2 aromatic rings. The van der Waals surface area contributed by atoms with Crippen molar-refractivity contribution in [3.8, 4) is 0 Å². The van der Waals surface area contributed by atoms with Gasteiger partial charge in [0.05, 0.1) is 13.2 Å². The van der Waals surface area contributed by atoms with Crippen molar-refractivity contribution in [2.24, 2.45) is 47.3 Å². The highest BCUT2D eigenvalue weighted by atomic mass is 17.3. The molecule has 16 atom stereocenters. The molecule has 0 radical (unpaired) electrons. The van der Waals surface area contributed by atoms with Gasteiger partial charge in [-0.1, -0.05) is 52.0 Å². The summed E-state index contributed by atoms with van der Waals surface area (Å²) in [5.41, 5.74) is 1.89.